The number of benzene rings is 2. The summed E-state index contributed by atoms with van der Waals surface area (Å²) >= 11 is 5.89. The molecule has 0 aliphatic heterocycles. The highest BCUT2D eigenvalue weighted by atomic mass is 35.5. The summed E-state index contributed by atoms with van der Waals surface area (Å²) in [6.07, 6.45) is 0.848. The quantitative estimate of drug-likeness (QED) is 0.699. The Morgan fingerprint density at radius 1 is 0.950 bits per heavy atom. The summed E-state index contributed by atoms with van der Waals surface area (Å²) in [7, 11) is 0. The van der Waals surface area contributed by atoms with Crippen molar-refractivity contribution in [1.29, 1.82) is 0 Å². The lowest BCUT2D eigenvalue weighted by Gasteiger charge is -2.15. The third-order valence-corrected chi connectivity index (χ3v) is 3.61. The van der Waals surface area contributed by atoms with Gasteiger partial charge in [-0.25, -0.2) is 13.2 Å². The normalized spacial score (nSPS) is 12.4. The summed E-state index contributed by atoms with van der Waals surface area (Å²) in [5.41, 5.74) is 1.10. The van der Waals surface area contributed by atoms with Gasteiger partial charge in [-0.3, -0.25) is 0 Å². The van der Waals surface area contributed by atoms with Crippen molar-refractivity contribution in [3.8, 4) is 0 Å². The zero-order valence-electron chi connectivity index (χ0n) is 10.8. The SMILES string of the molecule is Fc1cccc(CC(CCl)Cc2cccc(F)c2F)c1. The van der Waals surface area contributed by atoms with Gasteiger partial charge in [0.1, 0.15) is 5.82 Å². The average molecular weight is 299 g/mol. The van der Waals surface area contributed by atoms with E-state index < -0.39 is 11.6 Å². The van der Waals surface area contributed by atoms with Gasteiger partial charge in [0.05, 0.1) is 0 Å². The molecular weight excluding hydrogens is 285 g/mol. The topological polar surface area (TPSA) is 0 Å². The van der Waals surface area contributed by atoms with Gasteiger partial charge in [0.15, 0.2) is 11.6 Å². The Bertz CT molecular complexity index is 584. The van der Waals surface area contributed by atoms with Crippen molar-refractivity contribution in [1.82, 2.24) is 0 Å². The molecule has 2 aromatic carbocycles. The Morgan fingerprint density at radius 3 is 2.40 bits per heavy atom. The average Bonchev–Trinajstić information content (AvgIpc) is 2.43. The van der Waals surface area contributed by atoms with E-state index in [-0.39, 0.29) is 11.7 Å². The minimum atomic E-state index is -0.860. The van der Waals surface area contributed by atoms with Gasteiger partial charge in [0.25, 0.3) is 0 Å². The van der Waals surface area contributed by atoms with Gasteiger partial charge < -0.3 is 0 Å². The van der Waals surface area contributed by atoms with Crippen molar-refractivity contribution >= 4 is 11.6 Å². The molecule has 2 aromatic rings. The fourth-order valence-corrected chi connectivity index (χ4v) is 2.41. The van der Waals surface area contributed by atoms with Crippen LogP contribution in [0.3, 0.4) is 0 Å². The third-order valence-electron chi connectivity index (χ3n) is 3.17. The maximum absolute atomic E-state index is 13.6. The predicted octanol–water partition coefficient (Wildman–Crippen LogP) is 4.74. The van der Waals surface area contributed by atoms with E-state index in [1.807, 2.05) is 0 Å². The molecule has 0 amide bonds. The summed E-state index contributed by atoms with van der Waals surface area (Å²) in [6, 6.07) is 10.3. The van der Waals surface area contributed by atoms with Gasteiger partial charge in [0.2, 0.25) is 0 Å². The van der Waals surface area contributed by atoms with E-state index in [1.54, 1.807) is 18.2 Å². The lowest BCUT2D eigenvalue weighted by atomic mass is 9.94. The molecule has 0 spiro atoms. The van der Waals surface area contributed by atoms with E-state index in [0.29, 0.717) is 24.3 Å². The van der Waals surface area contributed by atoms with Crippen LogP contribution in [0.4, 0.5) is 13.2 Å². The Hall–Kier alpha value is -1.48. The first-order valence-corrected chi connectivity index (χ1v) is 6.87. The minimum Gasteiger partial charge on any atom is -0.207 e. The molecule has 0 aliphatic rings. The number of hydrogen-bond acceptors (Lipinski definition) is 0. The molecule has 1 unspecified atom stereocenters. The highest BCUT2D eigenvalue weighted by molar-refractivity contribution is 6.18. The summed E-state index contributed by atoms with van der Waals surface area (Å²) in [4.78, 5) is 0. The van der Waals surface area contributed by atoms with Crippen LogP contribution in [0, 0.1) is 23.4 Å². The maximum Gasteiger partial charge on any atom is 0.162 e. The van der Waals surface area contributed by atoms with Gasteiger partial charge in [-0.15, -0.1) is 11.6 Å². The van der Waals surface area contributed by atoms with Gasteiger partial charge in [-0.05, 0) is 48.1 Å². The van der Waals surface area contributed by atoms with E-state index in [1.165, 1.54) is 18.2 Å². The number of rotatable bonds is 5. The second-order valence-corrected chi connectivity index (χ2v) is 5.08. The zero-order chi connectivity index (χ0) is 14.5. The van der Waals surface area contributed by atoms with Crippen LogP contribution in [0.5, 0.6) is 0 Å². The Balaban J connectivity index is 2.11. The van der Waals surface area contributed by atoms with Crippen molar-refractivity contribution < 1.29 is 13.2 Å². The van der Waals surface area contributed by atoms with Crippen molar-refractivity contribution in [2.24, 2.45) is 5.92 Å². The highest BCUT2D eigenvalue weighted by Gasteiger charge is 2.15. The second-order valence-electron chi connectivity index (χ2n) is 4.77. The molecule has 2 rings (SSSR count). The van der Waals surface area contributed by atoms with Crippen LogP contribution >= 0.6 is 11.6 Å². The van der Waals surface area contributed by atoms with Crippen molar-refractivity contribution in [2.75, 3.05) is 5.88 Å². The van der Waals surface area contributed by atoms with E-state index in [4.69, 9.17) is 11.6 Å². The van der Waals surface area contributed by atoms with Crippen molar-refractivity contribution in [3.63, 3.8) is 0 Å². The van der Waals surface area contributed by atoms with Crippen LogP contribution in [-0.4, -0.2) is 5.88 Å². The van der Waals surface area contributed by atoms with Crippen LogP contribution in [0.1, 0.15) is 11.1 Å². The molecule has 0 fully saturated rings. The van der Waals surface area contributed by atoms with E-state index in [2.05, 4.69) is 0 Å². The Morgan fingerprint density at radius 2 is 1.70 bits per heavy atom. The molecule has 0 aromatic heterocycles. The fraction of sp³-hybridized carbons (Fsp3) is 0.250. The summed E-state index contributed by atoms with van der Waals surface area (Å²) in [5, 5.41) is 0. The largest absolute Gasteiger partial charge is 0.207 e. The molecule has 20 heavy (non-hydrogen) atoms. The van der Waals surface area contributed by atoms with Crippen LogP contribution in [0.25, 0.3) is 0 Å². The van der Waals surface area contributed by atoms with Gasteiger partial charge in [-0.1, -0.05) is 24.3 Å². The smallest absolute Gasteiger partial charge is 0.162 e. The highest BCUT2D eigenvalue weighted by Crippen LogP contribution is 2.20. The standard InChI is InChI=1S/C16H14ClF3/c17-10-12(7-11-3-1-5-14(18)9-11)8-13-4-2-6-15(19)16(13)20/h1-6,9,12H,7-8,10H2. The van der Waals surface area contributed by atoms with Crippen LogP contribution in [0.2, 0.25) is 0 Å². The number of hydrogen-bond donors (Lipinski definition) is 0. The van der Waals surface area contributed by atoms with Gasteiger partial charge >= 0.3 is 0 Å². The minimum absolute atomic E-state index is 0.0743. The molecule has 0 saturated heterocycles. The van der Waals surface area contributed by atoms with Gasteiger partial charge in [0, 0.05) is 5.88 Å². The first kappa shape index (κ1) is 14.9. The molecule has 0 radical (unpaired) electrons. The van der Waals surface area contributed by atoms with Crippen LogP contribution < -0.4 is 0 Å². The van der Waals surface area contributed by atoms with Crippen molar-refractivity contribution in [2.45, 2.75) is 12.8 Å². The molecule has 0 nitrogen and oxygen atoms in total. The maximum atomic E-state index is 13.6. The van der Waals surface area contributed by atoms with E-state index >= 15 is 0 Å². The Labute approximate surface area is 121 Å². The molecule has 0 N–H and O–H groups in total. The van der Waals surface area contributed by atoms with Gasteiger partial charge in [-0.2, -0.15) is 0 Å². The first-order valence-electron chi connectivity index (χ1n) is 6.33. The Kier molecular flexibility index (Phi) is 5.07. The number of halogens is 4. The molecule has 0 aliphatic carbocycles. The second kappa shape index (κ2) is 6.80. The monoisotopic (exact) mass is 298 g/mol. The van der Waals surface area contributed by atoms with E-state index in [9.17, 15) is 13.2 Å². The summed E-state index contributed by atoms with van der Waals surface area (Å²) in [6.45, 7) is 0. The molecule has 0 saturated carbocycles. The molecular formula is C16H14ClF3. The molecule has 0 bridgehead atoms. The zero-order valence-corrected chi connectivity index (χ0v) is 11.5. The lowest BCUT2D eigenvalue weighted by Crippen LogP contribution is -2.12. The number of alkyl halides is 1. The molecule has 106 valence electrons. The first-order chi connectivity index (χ1) is 9.60. The summed E-state index contributed by atoms with van der Waals surface area (Å²) in [5.74, 6) is -1.78. The molecule has 0 heterocycles. The predicted molar refractivity (Wildman–Crippen MR) is 74.4 cm³/mol. The third kappa shape index (κ3) is 3.76. The lowest BCUT2D eigenvalue weighted by molar-refractivity contribution is 0.483. The van der Waals surface area contributed by atoms with Crippen LogP contribution in [-0.2, 0) is 12.8 Å². The fourth-order valence-electron chi connectivity index (χ4n) is 2.20. The van der Waals surface area contributed by atoms with Crippen molar-refractivity contribution in [3.05, 3.63) is 71.0 Å². The molecule has 1 atom stereocenters. The van der Waals surface area contributed by atoms with E-state index in [0.717, 1.165) is 11.6 Å². The molecule has 4 heteroatoms. The summed E-state index contributed by atoms with van der Waals surface area (Å²) < 4.78 is 39.9. The van der Waals surface area contributed by atoms with Crippen LogP contribution in [0.15, 0.2) is 42.5 Å².